The Hall–Kier alpha value is -2.74. The number of fused-ring (bicyclic) bond motifs is 1. The van der Waals surface area contributed by atoms with Crippen LogP contribution < -0.4 is 10.1 Å². The second-order valence-electron chi connectivity index (χ2n) is 8.36. The summed E-state index contributed by atoms with van der Waals surface area (Å²) in [6.07, 6.45) is 3.49. The fraction of sp³-hybridized carbons (Fsp3) is 0.478. The molecule has 1 N–H and O–H groups in total. The van der Waals surface area contributed by atoms with Gasteiger partial charge in [-0.2, -0.15) is 0 Å². The second kappa shape index (κ2) is 9.18. The molecular weight excluding hydrogens is 414 g/mol. The molecule has 2 aliphatic carbocycles. The number of hydrogen-bond acceptors (Lipinski definition) is 6. The van der Waals surface area contributed by atoms with Gasteiger partial charge in [0.1, 0.15) is 12.4 Å². The van der Waals surface area contributed by atoms with E-state index in [0.717, 1.165) is 30.6 Å². The van der Waals surface area contributed by atoms with Gasteiger partial charge in [-0.3, -0.25) is 14.4 Å². The van der Waals surface area contributed by atoms with Gasteiger partial charge in [0, 0.05) is 25.8 Å². The molecule has 2 aromatic rings. The molecule has 1 heterocycles. The summed E-state index contributed by atoms with van der Waals surface area (Å²) in [5.41, 5.74) is 1.78. The Morgan fingerprint density at radius 2 is 1.94 bits per heavy atom. The van der Waals surface area contributed by atoms with Crippen molar-refractivity contribution < 1.29 is 19.1 Å². The van der Waals surface area contributed by atoms with Crippen LogP contribution in [0.1, 0.15) is 46.6 Å². The number of benzene rings is 1. The molecule has 1 fully saturated rings. The zero-order valence-electron chi connectivity index (χ0n) is 17.8. The molecule has 1 unspecified atom stereocenters. The standard InChI is InChI=1S/C23H27N3O4S/c1-14-6-8-17(9-7-14)30-11-10-26(2)22(29)16-12-18-20(19(27)13-16)31-23(24-18)25-21(28)15-4-3-5-15/h6-9,15-16H,3-5,10-13H2,1-2H3,(H,24,25,28). The molecule has 2 amide bonds. The van der Waals surface area contributed by atoms with Gasteiger partial charge in [0.25, 0.3) is 0 Å². The van der Waals surface area contributed by atoms with Gasteiger partial charge in [0.15, 0.2) is 10.9 Å². The van der Waals surface area contributed by atoms with Crippen LogP contribution in [0.4, 0.5) is 5.13 Å². The van der Waals surface area contributed by atoms with Gasteiger partial charge >= 0.3 is 0 Å². The van der Waals surface area contributed by atoms with E-state index in [0.29, 0.717) is 35.3 Å². The van der Waals surface area contributed by atoms with Crippen LogP contribution >= 0.6 is 11.3 Å². The van der Waals surface area contributed by atoms with Crippen molar-refractivity contribution in [1.82, 2.24) is 9.88 Å². The summed E-state index contributed by atoms with van der Waals surface area (Å²) >= 11 is 1.22. The van der Waals surface area contributed by atoms with Crippen molar-refractivity contribution in [2.75, 3.05) is 25.5 Å². The summed E-state index contributed by atoms with van der Waals surface area (Å²) in [7, 11) is 1.73. The van der Waals surface area contributed by atoms with Crippen LogP contribution in [-0.4, -0.2) is 47.7 Å². The summed E-state index contributed by atoms with van der Waals surface area (Å²) in [4.78, 5) is 44.3. The molecule has 0 spiro atoms. The number of thiazole rings is 1. The maximum atomic E-state index is 12.9. The number of carbonyl (C=O) groups is 3. The van der Waals surface area contributed by atoms with Gasteiger partial charge in [-0.05, 0) is 31.9 Å². The highest BCUT2D eigenvalue weighted by Gasteiger charge is 2.35. The largest absolute Gasteiger partial charge is 0.492 e. The minimum absolute atomic E-state index is 0.0225. The van der Waals surface area contributed by atoms with Gasteiger partial charge in [-0.1, -0.05) is 35.5 Å². The summed E-state index contributed by atoms with van der Waals surface area (Å²) in [6, 6.07) is 7.77. The number of hydrogen-bond donors (Lipinski definition) is 1. The van der Waals surface area contributed by atoms with Gasteiger partial charge in [0.2, 0.25) is 11.8 Å². The number of amides is 2. The van der Waals surface area contributed by atoms with Crippen molar-refractivity contribution in [3.05, 3.63) is 40.4 Å². The van der Waals surface area contributed by atoms with Crippen molar-refractivity contribution in [3.63, 3.8) is 0 Å². The summed E-state index contributed by atoms with van der Waals surface area (Å²) in [6.45, 7) is 2.83. The molecule has 1 atom stereocenters. The van der Waals surface area contributed by atoms with E-state index in [2.05, 4.69) is 10.3 Å². The number of ketones is 1. The van der Waals surface area contributed by atoms with Crippen LogP contribution in [0.25, 0.3) is 0 Å². The first-order valence-corrected chi connectivity index (χ1v) is 11.5. The lowest BCUT2D eigenvalue weighted by Crippen LogP contribution is -2.39. The lowest BCUT2D eigenvalue weighted by Gasteiger charge is -2.25. The minimum Gasteiger partial charge on any atom is -0.492 e. The van der Waals surface area contributed by atoms with Crippen LogP contribution in [-0.2, 0) is 16.0 Å². The molecule has 31 heavy (non-hydrogen) atoms. The van der Waals surface area contributed by atoms with E-state index >= 15 is 0 Å². The van der Waals surface area contributed by atoms with Gasteiger partial charge in [0.05, 0.1) is 23.0 Å². The molecule has 0 bridgehead atoms. The number of Topliss-reactive ketones (excluding diaryl/α,β-unsaturated/α-hetero) is 1. The van der Waals surface area contributed by atoms with Gasteiger partial charge in [-0.15, -0.1) is 0 Å². The lowest BCUT2D eigenvalue weighted by molar-refractivity contribution is -0.134. The van der Waals surface area contributed by atoms with Crippen LogP contribution in [0, 0.1) is 18.8 Å². The average Bonchev–Trinajstić information content (AvgIpc) is 3.10. The number of likely N-dealkylation sites (N-methyl/N-ethyl adjacent to an activating group) is 1. The molecule has 1 aromatic heterocycles. The molecule has 4 rings (SSSR count). The monoisotopic (exact) mass is 441 g/mol. The summed E-state index contributed by atoms with van der Waals surface area (Å²) < 4.78 is 5.71. The van der Waals surface area contributed by atoms with Gasteiger partial charge in [-0.25, -0.2) is 4.98 Å². The highest BCUT2D eigenvalue weighted by Crippen LogP contribution is 2.34. The molecule has 2 aliphatic rings. The SMILES string of the molecule is Cc1ccc(OCCN(C)C(=O)C2CC(=O)c3sc(NC(=O)C4CCC4)nc3C2)cc1. The topological polar surface area (TPSA) is 88.6 Å². The number of nitrogens with one attached hydrogen (secondary N) is 1. The maximum absolute atomic E-state index is 12.9. The predicted molar refractivity (Wildman–Crippen MR) is 119 cm³/mol. The highest BCUT2D eigenvalue weighted by atomic mass is 32.1. The summed E-state index contributed by atoms with van der Waals surface area (Å²) in [5, 5.41) is 3.30. The number of carbonyl (C=O) groups excluding carboxylic acids is 3. The van der Waals surface area contributed by atoms with Gasteiger partial charge < -0.3 is 15.0 Å². The maximum Gasteiger partial charge on any atom is 0.229 e. The molecule has 8 heteroatoms. The van der Waals surface area contributed by atoms with E-state index in [4.69, 9.17) is 4.74 Å². The van der Waals surface area contributed by atoms with Crippen LogP contribution in [0.2, 0.25) is 0 Å². The summed E-state index contributed by atoms with van der Waals surface area (Å²) in [5.74, 6) is 0.210. The van der Waals surface area contributed by atoms with Crippen molar-refractivity contribution in [1.29, 1.82) is 0 Å². The number of rotatable bonds is 7. The van der Waals surface area contributed by atoms with Crippen LogP contribution in [0.3, 0.4) is 0 Å². The number of aromatic nitrogens is 1. The highest BCUT2D eigenvalue weighted by molar-refractivity contribution is 7.17. The molecule has 7 nitrogen and oxygen atoms in total. The average molecular weight is 442 g/mol. The Morgan fingerprint density at radius 3 is 2.61 bits per heavy atom. The number of anilines is 1. The third kappa shape index (κ3) is 4.95. The van der Waals surface area contributed by atoms with E-state index in [1.807, 2.05) is 31.2 Å². The lowest BCUT2D eigenvalue weighted by atomic mass is 9.85. The molecule has 1 saturated carbocycles. The Kier molecular flexibility index (Phi) is 6.36. The zero-order chi connectivity index (χ0) is 22.0. The smallest absolute Gasteiger partial charge is 0.229 e. The molecule has 0 radical (unpaired) electrons. The Labute approximate surface area is 185 Å². The fourth-order valence-corrected chi connectivity index (χ4v) is 4.74. The molecule has 0 saturated heterocycles. The third-order valence-corrected chi connectivity index (χ3v) is 7.02. The van der Waals surface area contributed by atoms with Crippen molar-refractivity contribution in [2.24, 2.45) is 11.8 Å². The molecular formula is C23H27N3O4S. The third-order valence-electron chi connectivity index (χ3n) is 5.97. The van der Waals surface area contributed by atoms with Crippen LogP contribution in [0.5, 0.6) is 5.75 Å². The van der Waals surface area contributed by atoms with E-state index in [-0.39, 0.29) is 29.9 Å². The van der Waals surface area contributed by atoms with E-state index in [1.54, 1.807) is 11.9 Å². The number of nitrogens with zero attached hydrogens (tertiary/aromatic N) is 2. The second-order valence-corrected chi connectivity index (χ2v) is 9.36. The fourth-order valence-electron chi connectivity index (χ4n) is 3.79. The normalized spacial score (nSPS) is 18.1. The molecule has 1 aromatic carbocycles. The first kappa shape index (κ1) is 21.5. The Morgan fingerprint density at radius 1 is 1.19 bits per heavy atom. The zero-order valence-corrected chi connectivity index (χ0v) is 18.7. The first-order chi connectivity index (χ1) is 14.9. The van der Waals surface area contributed by atoms with E-state index in [1.165, 1.54) is 11.3 Å². The Balaban J connectivity index is 1.31. The van der Waals surface area contributed by atoms with Crippen molar-refractivity contribution in [2.45, 2.75) is 39.0 Å². The number of ether oxygens (including phenoxy) is 1. The number of aryl methyl sites for hydroxylation is 1. The predicted octanol–water partition coefficient (Wildman–Crippen LogP) is 3.47. The van der Waals surface area contributed by atoms with Crippen molar-refractivity contribution >= 4 is 34.1 Å². The molecule has 164 valence electrons. The Bertz CT molecular complexity index is 981. The molecule has 0 aliphatic heterocycles. The van der Waals surface area contributed by atoms with Crippen LogP contribution in [0.15, 0.2) is 24.3 Å². The quantitative estimate of drug-likeness (QED) is 0.711. The minimum atomic E-state index is -0.429. The first-order valence-electron chi connectivity index (χ1n) is 10.7. The van der Waals surface area contributed by atoms with Crippen molar-refractivity contribution in [3.8, 4) is 5.75 Å². The van der Waals surface area contributed by atoms with E-state index < -0.39 is 5.92 Å². The van der Waals surface area contributed by atoms with E-state index in [9.17, 15) is 14.4 Å².